The fraction of sp³-hybridized carbons (Fsp3) is 0.333. The molecule has 1 atom stereocenters. The van der Waals surface area contributed by atoms with Crippen LogP contribution in [0.1, 0.15) is 18.5 Å². The third-order valence-corrected chi connectivity index (χ3v) is 2.66. The summed E-state index contributed by atoms with van der Waals surface area (Å²) in [5.41, 5.74) is 1.95. The second-order valence-electron chi connectivity index (χ2n) is 4.25. The lowest BCUT2D eigenvalue weighted by atomic mass is 10.0. The van der Waals surface area contributed by atoms with Crippen molar-refractivity contribution in [1.29, 1.82) is 0 Å². The summed E-state index contributed by atoms with van der Waals surface area (Å²) in [4.78, 5) is 27.0. The molecule has 1 aromatic carbocycles. The predicted molar refractivity (Wildman–Crippen MR) is 63.9 cm³/mol. The van der Waals surface area contributed by atoms with Crippen LogP contribution in [0.4, 0.5) is 0 Å². The van der Waals surface area contributed by atoms with E-state index in [1.807, 2.05) is 19.0 Å². The molecule has 1 unspecified atom stereocenters. The van der Waals surface area contributed by atoms with Crippen molar-refractivity contribution in [2.24, 2.45) is 0 Å². The lowest BCUT2D eigenvalue weighted by Crippen LogP contribution is -2.25. The predicted octanol–water partition coefficient (Wildman–Crippen LogP) is 1.31. The summed E-state index contributed by atoms with van der Waals surface area (Å²) in [5, 5.41) is 0. The molecule has 0 aliphatic heterocycles. The van der Waals surface area contributed by atoms with Gasteiger partial charge in [-0.25, -0.2) is 4.79 Å². The van der Waals surface area contributed by atoms with Gasteiger partial charge >= 0.3 is 5.76 Å². The summed E-state index contributed by atoms with van der Waals surface area (Å²) in [6.45, 7) is 1.55. The largest absolute Gasteiger partial charge is 0.417 e. The molecular formula is C12H14N2O3. The average Bonchev–Trinajstić information content (AvgIpc) is 2.56. The number of nitrogens with one attached hydrogen (secondary N) is 1. The molecule has 0 saturated heterocycles. The number of oxazole rings is 1. The number of hydrogen-bond donors (Lipinski definition) is 1. The van der Waals surface area contributed by atoms with Gasteiger partial charge in [0.25, 0.3) is 0 Å². The first-order valence-electron chi connectivity index (χ1n) is 5.28. The topological polar surface area (TPSA) is 66.3 Å². The summed E-state index contributed by atoms with van der Waals surface area (Å²) in [6.07, 6.45) is 0. The number of rotatable bonds is 3. The van der Waals surface area contributed by atoms with Gasteiger partial charge in [0.15, 0.2) is 11.4 Å². The molecular weight excluding hydrogens is 220 g/mol. The van der Waals surface area contributed by atoms with E-state index >= 15 is 0 Å². The van der Waals surface area contributed by atoms with Crippen LogP contribution in [0.3, 0.4) is 0 Å². The highest BCUT2D eigenvalue weighted by atomic mass is 16.4. The van der Waals surface area contributed by atoms with Crippen LogP contribution < -0.4 is 5.76 Å². The summed E-state index contributed by atoms with van der Waals surface area (Å²) >= 11 is 0. The number of benzene rings is 1. The Morgan fingerprint density at radius 3 is 2.71 bits per heavy atom. The number of ketones is 1. The maximum absolute atomic E-state index is 11.6. The van der Waals surface area contributed by atoms with E-state index in [0.29, 0.717) is 11.1 Å². The number of fused-ring (bicyclic) bond motifs is 1. The van der Waals surface area contributed by atoms with E-state index in [1.165, 1.54) is 0 Å². The van der Waals surface area contributed by atoms with Gasteiger partial charge in [-0.1, -0.05) is 6.07 Å². The third kappa shape index (κ3) is 2.14. The Hall–Kier alpha value is -1.88. The second kappa shape index (κ2) is 4.18. The molecule has 17 heavy (non-hydrogen) atoms. The van der Waals surface area contributed by atoms with Crippen molar-refractivity contribution >= 4 is 16.9 Å². The lowest BCUT2D eigenvalue weighted by Gasteiger charge is -2.21. The molecule has 0 saturated carbocycles. The van der Waals surface area contributed by atoms with Crippen LogP contribution in [0, 0.1) is 0 Å². The van der Waals surface area contributed by atoms with Gasteiger partial charge in [-0.2, -0.15) is 0 Å². The van der Waals surface area contributed by atoms with E-state index in [2.05, 4.69) is 4.98 Å². The molecule has 0 aliphatic rings. The normalized spacial score (nSPS) is 13.2. The van der Waals surface area contributed by atoms with Crippen LogP contribution in [-0.4, -0.2) is 29.8 Å². The fourth-order valence-electron chi connectivity index (χ4n) is 2.04. The Morgan fingerprint density at radius 1 is 1.41 bits per heavy atom. The van der Waals surface area contributed by atoms with Crippen molar-refractivity contribution in [2.45, 2.75) is 13.0 Å². The van der Waals surface area contributed by atoms with Gasteiger partial charge < -0.3 is 4.42 Å². The molecule has 2 aromatic rings. The number of aromatic nitrogens is 1. The zero-order valence-electron chi connectivity index (χ0n) is 9.98. The zero-order valence-corrected chi connectivity index (χ0v) is 9.98. The highest BCUT2D eigenvalue weighted by Crippen LogP contribution is 2.22. The van der Waals surface area contributed by atoms with Crippen LogP contribution in [-0.2, 0) is 4.79 Å². The minimum Gasteiger partial charge on any atom is -0.408 e. The molecule has 0 bridgehead atoms. The maximum atomic E-state index is 11.6. The number of aromatic amines is 1. The average molecular weight is 234 g/mol. The van der Waals surface area contributed by atoms with Crippen LogP contribution in [0.25, 0.3) is 11.1 Å². The van der Waals surface area contributed by atoms with E-state index in [0.717, 1.165) is 5.56 Å². The van der Waals surface area contributed by atoms with Crippen molar-refractivity contribution in [3.63, 3.8) is 0 Å². The van der Waals surface area contributed by atoms with Crippen LogP contribution in [0.15, 0.2) is 27.4 Å². The smallest absolute Gasteiger partial charge is 0.408 e. The first kappa shape index (κ1) is 11.6. The number of likely N-dealkylation sites (N-methyl/N-ethyl adjacent to an activating group) is 1. The number of carbonyl (C=O) groups is 1. The van der Waals surface area contributed by atoms with Crippen molar-refractivity contribution in [3.8, 4) is 0 Å². The van der Waals surface area contributed by atoms with Gasteiger partial charge in [0.1, 0.15) is 0 Å². The fourth-order valence-corrected chi connectivity index (χ4v) is 2.04. The molecule has 1 heterocycles. The molecule has 0 aliphatic carbocycles. The summed E-state index contributed by atoms with van der Waals surface area (Å²) < 4.78 is 4.91. The minimum atomic E-state index is -0.485. The first-order valence-corrected chi connectivity index (χ1v) is 5.28. The Kier molecular flexibility index (Phi) is 2.85. The van der Waals surface area contributed by atoms with E-state index in [4.69, 9.17) is 4.42 Å². The van der Waals surface area contributed by atoms with E-state index < -0.39 is 5.76 Å². The highest BCUT2D eigenvalue weighted by Gasteiger charge is 2.19. The molecule has 0 fully saturated rings. The molecule has 90 valence electrons. The molecule has 5 nitrogen and oxygen atoms in total. The first-order chi connectivity index (χ1) is 7.99. The minimum absolute atomic E-state index is 0.0557. The standard InChI is InChI=1S/C12H14N2O3/c1-7(15)11(14(2)3)8-4-5-10-9(6-8)13-12(16)17-10/h4-6,11H,1-3H3,(H,13,16). The third-order valence-electron chi connectivity index (χ3n) is 2.66. The van der Waals surface area contributed by atoms with Gasteiger partial charge in [-0.15, -0.1) is 0 Å². The number of hydrogen-bond acceptors (Lipinski definition) is 4. The molecule has 0 amide bonds. The quantitative estimate of drug-likeness (QED) is 0.869. The summed E-state index contributed by atoms with van der Waals surface area (Å²) in [7, 11) is 3.68. The zero-order chi connectivity index (χ0) is 12.6. The van der Waals surface area contributed by atoms with Gasteiger partial charge in [0.2, 0.25) is 0 Å². The van der Waals surface area contributed by atoms with Crippen LogP contribution >= 0.6 is 0 Å². The Labute approximate surface area is 98.0 Å². The van der Waals surface area contributed by atoms with E-state index in [9.17, 15) is 9.59 Å². The molecule has 1 aromatic heterocycles. The molecule has 1 N–H and O–H groups in total. The molecule has 5 heteroatoms. The number of nitrogens with zero attached hydrogens (tertiary/aromatic N) is 1. The monoisotopic (exact) mass is 234 g/mol. The summed E-state index contributed by atoms with van der Waals surface area (Å²) in [5.74, 6) is -0.429. The maximum Gasteiger partial charge on any atom is 0.417 e. The van der Waals surface area contributed by atoms with Gasteiger partial charge in [0, 0.05) is 0 Å². The van der Waals surface area contributed by atoms with Crippen LogP contribution in [0.2, 0.25) is 0 Å². The Balaban J connectivity index is 2.54. The highest BCUT2D eigenvalue weighted by molar-refractivity contribution is 5.84. The van der Waals surface area contributed by atoms with Crippen molar-refractivity contribution in [3.05, 3.63) is 34.3 Å². The van der Waals surface area contributed by atoms with Crippen molar-refractivity contribution in [2.75, 3.05) is 14.1 Å². The van der Waals surface area contributed by atoms with Gasteiger partial charge in [0.05, 0.1) is 11.6 Å². The van der Waals surface area contributed by atoms with E-state index in [1.54, 1.807) is 25.1 Å². The van der Waals surface area contributed by atoms with Crippen molar-refractivity contribution in [1.82, 2.24) is 9.88 Å². The van der Waals surface area contributed by atoms with Gasteiger partial charge in [-0.05, 0) is 38.7 Å². The number of carbonyl (C=O) groups excluding carboxylic acids is 1. The Bertz CT molecular complexity index is 609. The molecule has 0 radical (unpaired) electrons. The number of H-pyrrole nitrogens is 1. The lowest BCUT2D eigenvalue weighted by molar-refractivity contribution is -0.121. The van der Waals surface area contributed by atoms with Gasteiger partial charge in [-0.3, -0.25) is 14.7 Å². The van der Waals surface area contributed by atoms with Crippen molar-refractivity contribution < 1.29 is 9.21 Å². The molecule has 2 rings (SSSR count). The number of Topliss-reactive ketones (excluding diaryl/α,β-unsaturated/α-hetero) is 1. The second-order valence-corrected chi connectivity index (χ2v) is 4.25. The Morgan fingerprint density at radius 2 is 2.12 bits per heavy atom. The summed E-state index contributed by atoms with van der Waals surface area (Å²) in [6, 6.07) is 4.96. The van der Waals surface area contributed by atoms with Crippen LogP contribution in [0.5, 0.6) is 0 Å². The SMILES string of the molecule is CC(=O)C(c1ccc2oc(=O)[nH]c2c1)N(C)C. The van der Waals surface area contributed by atoms with E-state index in [-0.39, 0.29) is 11.8 Å². The molecule has 0 spiro atoms.